The normalized spacial score (nSPS) is 18.7. The second-order valence-corrected chi connectivity index (χ2v) is 5.25. The van der Waals surface area contributed by atoms with Crippen LogP contribution in [0.15, 0.2) is 18.2 Å². The molecule has 0 aromatic heterocycles. The minimum Gasteiger partial charge on any atom is -0.391 e. The minimum atomic E-state index is -0.407. The van der Waals surface area contributed by atoms with Gasteiger partial charge in [-0.05, 0) is 31.0 Å². The van der Waals surface area contributed by atoms with Crippen molar-refractivity contribution >= 4 is 23.2 Å². The van der Waals surface area contributed by atoms with Gasteiger partial charge in [-0.15, -0.1) is 0 Å². The first kappa shape index (κ1) is 14.2. The van der Waals surface area contributed by atoms with E-state index >= 15 is 0 Å². The Morgan fingerprint density at radius 2 is 2.37 bits per heavy atom. The fourth-order valence-electron chi connectivity index (χ4n) is 2.20. The molecule has 1 saturated heterocycles. The van der Waals surface area contributed by atoms with E-state index in [9.17, 15) is 9.90 Å². The SMILES string of the molecule is CCCNc1ccc(Cl)cc1C(=O)N1CCC(O)C1. The first-order chi connectivity index (χ1) is 9.11. The zero-order valence-corrected chi connectivity index (χ0v) is 11.8. The summed E-state index contributed by atoms with van der Waals surface area (Å²) in [6.07, 6.45) is 1.22. The highest BCUT2D eigenvalue weighted by Crippen LogP contribution is 2.24. The van der Waals surface area contributed by atoms with Crippen molar-refractivity contribution in [1.82, 2.24) is 4.90 Å². The number of rotatable bonds is 4. The summed E-state index contributed by atoms with van der Waals surface area (Å²) in [5, 5.41) is 13.3. The molecule has 2 rings (SSSR count). The van der Waals surface area contributed by atoms with Crippen molar-refractivity contribution in [3.63, 3.8) is 0 Å². The Morgan fingerprint density at radius 1 is 1.58 bits per heavy atom. The predicted molar refractivity (Wildman–Crippen MR) is 76.8 cm³/mol. The molecule has 104 valence electrons. The quantitative estimate of drug-likeness (QED) is 0.891. The third kappa shape index (κ3) is 3.39. The van der Waals surface area contributed by atoms with E-state index in [1.807, 2.05) is 6.07 Å². The number of nitrogens with one attached hydrogen (secondary N) is 1. The number of aliphatic hydroxyl groups excluding tert-OH is 1. The molecule has 5 heteroatoms. The third-order valence-corrected chi connectivity index (χ3v) is 3.46. The lowest BCUT2D eigenvalue weighted by Crippen LogP contribution is -2.30. The lowest BCUT2D eigenvalue weighted by Gasteiger charge is -2.18. The van der Waals surface area contributed by atoms with Crippen molar-refractivity contribution in [3.05, 3.63) is 28.8 Å². The highest BCUT2D eigenvalue weighted by molar-refractivity contribution is 6.31. The predicted octanol–water partition coefficient (Wildman–Crippen LogP) is 2.37. The van der Waals surface area contributed by atoms with Crippen LogP contribution < -0.4 is 5.32 Å². The molecule has 0 radical (unpaired) electrons. The van der Waals surface area contributed by atoms with Gasteiger partial charge in [0.25, 0.3) is 5.91 Å². The molecule has 1 fully saturated rings. The van der Waals surface area contributed by atoms with Crippen LogP contribution in [0.2, 0.25) is 5.02 Å². The Hall–Kier alpha value is -1.26. The van der Waals surface area contributed by atoms with Crippen molar-refractivity contribution < 1.29 is 9.90 Å². The summed E-state index contributed by atoms with van der Waals surface area (Å²) >= 11 is 5.98. The number of aliphatic hydroxyl groups is 1. The lowest BCUT2D eigenvalue weighted by molar-refractivity contribution is 0.0766. The zero-order chi connectivity index (χ0) is 13.8. The van der Waals surface area contributed by atoms with Gasteiger partial charge in [0.2, 0.25) is 0 Å². The molecule has 0 spiro atoms. The average molecular weight is 283 g/mol. The van der Waals surface area contributed by atoms with Gasteiger partial charge in [-0.3, -0.25) is 4.79 Å². The molecule has 1 aliphatic heterocycles. The number of nitrogens with zero attached hydrogens (tertiary/aromatic N) is 1. The minimum absolute atomic E-state index is 0.0716. The summed E-state index contributed by atoms with van der Waals surface area (Å²) in [5.41, 5.74) is 1.38. The van der Waals surface area contributed by atoms with Gasteiger partial charge in [-0.2, -0.15) is 0 Å². The molecule has 1 atom stereocenters. The number of likely N-dealkylation sites (tertiary alicyclic amines) is 1. The van der Waals surface area contributed by atoms with Crippen LogP contribution in [0.1, 0.15) is 30.1 Å². The molecule has 4 nitrogen and oxygen atoms in total. The molecule has 2 N–H and O–H groups in total. The number of carbonyl (C=O) groups is 1. The van der Waals surface area contributed by atoms with Gasteiger partial charge >= 0.3 is 0 Å². The van der Waals surface area contributed by atoms with Crippen LogP contribution in [0, 0.1) is 0 Å². The number of halogens is 1. The molecule has 1 amide bonds. The Labute approximate surface area is 118 Å². The molecule has 1 aromatic carbocycles. The van der Waals surface area contributed by atoms with Crippen LogP contribution in [-0.4, -0.2) is 41.7 Å². The maximum absolute atomic E-state index is 12.4. The molecule has 0 saturated carbocycles. The summed E-state index contributed by atoms with van der Waals surface area (Å²) in [7, 11) is 0. The topological polar surface area (TPSA) is 52.6 Å². The highest BCUT2D eigenvalue weighted by atomic mass is 35.5. The summed E-state index contributed by atoms with van der Waals surface area (Å²) in [6.45, 7) is 3.88. The molecule has 0 aliphatic carbocycles. The molecular formula is C14H19ClN2O2. The van der Waals surface area contributed by atoms with Crippen LogP contribution in [0.5, 0.6) is 0 Å². The van der Waals surface area contributed by atoms with Crippen molar-refractivity contribution in [2.75, 3.05) is 25.0 Å². The van der Waals surface area contributed by atoms with Crippen molar-refractivity contribution in [1.29, 1.82) is 0 Å². The molecule has 1 aliphatic rings. The van der Waals surface area contributed by atoms with E-state index in [-0.39, 0.29) is 5.91 Å². The van der Waals surface area contributed by atoms with Crippen molar-refractivity contribution in [2.24, 2.45) is 0 Å². The van der Waals surface area contributed by atoms with Gasteiger partial charge in [-0.25, -0.2) is 0 Å². The van der Waals surface area contributed by atoms with Crippen LogP contribution in [0.25, 0.3) is 0 Å². The van der Waals surface area contributed by atoms with E-state index < -0.39 is 6.10 Å². The number of β-amino-alcohol motifs (C(OH)–C–C–N with tert-alkyl or cyclic N) is 1. The van der Waals surface area contributed by atoms with Crippen LogP contribution >= 0.6 is 11.6 Å². The molecule has 1 unspecified atom stereocenters. The van der Waals surface area contributed by atoms with Gasteiger partial charge in [-0.1, -0.05) is 18.5 Å². The summed E-state index contributed by atoms with van der Waals surface area (Å²) in [4.78, 5) is 14.1. The maximum atomic E-state index is 12.4. The summed E-state index contributed by atoms with van der Waals surface area (Å²) in [6, 6.07) is 5.29. The monoisotopic (exact) mass is 282 g/mol. The number of amides is 1. The lowest BCUT2D eigenvalue weighted by atomic mass is 10.1. The van der Waals surface area contributed by atoms with E-state index in [1.54, 1.807) is 17.0 Å². The Morgan fingerprint density at radius 3 is 3.00 bits per heavy atom. The number of benzene rings is 1. The van der Waals surface area contributed by atoms with Gasteiger partial charge < -0.3 is 15.3 Å². The third-order valence-electron chi connectivity index (χ3n) is 3.23. The van der Waals surface area contributed by atoms with E-state index in [0.717, 1.165) is 18.7 Å². The van der Waals surface area contributed by atoms with E-state index in [0.29, 0.717) is 30.1 Å². The van der Waals surface area contributed by atoms with Gasteiger partial charge in [0, 0.05) is 30.3 Å². The van der Waals surface area contributed by atoms with Gasteiger partial charge in [0.15, 0.2) is 0 Å². The standard InChI is InChI=1S/C14H19ClN2O2/c1-2-6-16-13-4-3-10(15)8-12(13)14(19)17-7-5-11(18)9-17/h3-4,8,11,16,18H,2,5-7,9H2,1H3. The van der Waals surface area contributed by atoms with E-state index in [1.165, 1.54) is 0 Å². The average Bonchev–Trinajstić information content (AvgIpc) is 2.83. The number of carbonyl (C=O) groups excluding carboxylic acids is 1. The van der Waals surface area contributed by atoms with Crippen LogP contribution in [0.4, 0.5) is 5.69 Å². The first-order valence-electron chi connectivity index (χ1n) is 6.62. The maximum Gasteiger partial charge on any atom is 0.256 e. The fraction of sp³-hybridized carbons (Fsp3) is 0.500. The zero-order valence-electron chi connectivity index (χ0n) is 11.0. The van der Waals surface area contributed by atoms with Gasteiger partial charge in [0.1, 0.15) is 0 Å². The first-order valence-corrected chi connectivity index (χ1v) is 7.00. The fourth-order valence-corrected chi connectivity index (χ4v) is 2.38. The Kier molecular flexibility index (Phi) is 4.66. The summed E-state index contributed by atoms with van der Waals surface area (Å²) < 4.78 is 0. The second-order valence-electron chi connectivity index (χ2n) is 4.81. The molecule has 1 aromatic rings. The number of hydrogen-bond acceptors (Lipinski definition) is 3. The van der Waals surface area contributed by atoms with E-state index in [4.69, 9.17) is 11.6 Å². The van der Waals surface area contributed by atoms with Crippen LogP contribution in [0.3, 0.4) is 0 Å². The molecular weight excluding hydrogens is 264 g/mol. The summed E-state index contributed by atoms with van der Waals surface area (Å²) in [5.74, 6) is -0.0716. The largest absolute Gasteiger partial charge is 0.391 e. The van der Waals surface area contributed by atoms with Crippen molar-refractivity contribution in [2.45, 2.75) is 25.9 Å². The molecule has 19 heavy (non-hydrogen) atoms. The smallest absolute Gasteiger partial charge is 0.256 e. The van der Waals surface area contributed by atoms with Gasteiger partial charge in [0.05, 0.1) is 11.7 Å². The van der Waals surface area contributed by atoms with Crippen molar-refractivity contribution in [3.8, 4) is 0 Å². The highest BCUT2D eigenvalue weighted by Gasteiger charge is 2.26. The van der Waals surface area contributed by atoms with Crippen LogP contribution in [-0.2, 0) is 0 Å². The number of anilines is 1. The number of hydrogen-bond donors (Lipinski definition) is 2. The van der Waals surface area contributed by atoms with E-state index in [2.05, 4.69) is 12.2 Å². The molecule has 1 heterocycles. The second kappa shape index (κ2) is 6.26. The molecule has 0 bridgehead atoms. The Balaban J connectivity index is 2.21. The Bertz CT molecular complexity index is 465.